The van der Waals surface area contributed by atoms with Gasteiger partial charge in [0.15, 0.2) is 0 Å². The average Bonchev–Trinajstić information content (AvgIpc) is 2.11. The number of nitrogens with zero attached hydrogens (tertiary/aromatic N) is 1. The van der Waals surface area contributed by atoms with Crippen LogP contribution in [0.5, 0.6) is 0 Å². The van der Waals surface area contributed by atoms with Gasteiger partial charge in [0, 0.05) is 12.6 Å². The summed E-state index contributed by atoms with van der Waals surface area (Å²) in [4.78, 5) is 13.2. The summed E-state index contributed by atoms with van der Waals surface area (Å²) < 4.78 is 0. The van der Waals surface area contributed by atoms with Crippen molar-refractivity contribution in [2.75, 3.05) is 13.1 Å². The molecule has 3 nitrogen and oxygen atoms in total. The van der Waals surface area contributed by atoms with Gasteiger partial charge >= 0.3 is 0 Å². The highest BCUT2D eigenvalue weighted by molar-refractivity contribution is 5.78. The normalized spacial score (nSPS) is 12.7. The Morgan fingerprint density at radius 2 is 2.08 bits per heavy atom. The van der Waals surface area contributed by atoms with Crippen molar-refractivity contribution in [3.63, 3.8) is 0 Å². The van der Waals surface area contributed by atoms with Crippen LogP contribution >= 0.6 is 0 Å². The first kappa shape index (κ1) is 11.4. The Morgan fingerprint density at radius 1 is 1.50 bits per heavy atom. The minimum Gasteiger partial charge on any atom is -0.339 e. The quantitative estimate of drug-likeness (QED) is 0.672. The first-order chi connectivity index (χ1) is 5.67. The number of rotatable bonds is 5. The predicted octanol–water partition coefficient (Wildman–Crippen LogP) is 0.982. The van der Waals surface area contributed by atoms with Crippen molar-refractivity contribution < 1.29 is 4.79 Å². The van der Waals surface area contributed by atoms with Gasteiger partial charge in [-0.1, -0.05) is 13.8 Å². The molecule has 1 unspecified atom stereocenters. The fourth-order valence-electron chi connectivity index (χ4n) is 1.17. The van der Waals surface area contributed by atoms with E-state index >= 15 is 0 Å². The highest BCUT2D eigenvalue weighted by Crippen LogP contribution is 2.04. The average molecular weight is 172 g/mol. The van der Waals surface area contributed by atoms with Gasteiger partial charge in [0.25, 0.3) is 0 Å². The van der Waals surface area contributed by atoms with Crippen LogP contribution in [0.1, 0.15) is 33.6 Å². The zero-order valence-electron chi connectivity index (χ0n) is 8.34. The van der Waals surface area contributed by atoms with Crippen molar-refractivity contribution in [1.29, 1.82) is 0 Å². The molecule has 0 aromatic carbocycles. The van der Waals surface area contributed by atoms with E-state index in [-0.39, 0.29) is 12.5 Å². The number of carbonyl (C=O) groups is 1. The summed E-state index contributed by atoms with van der Waals surface area (Å²) in [5.74, 6) is 0.0613. The van der Waals surface area contributed by atoms with Gasteiger partial charge in [-0.2, -0.15) is 0 Å². The first-order valence-corrected chi connectivity index (χ1v) is 4.66. The summed E-state index contributed by atoms with van der Waals surface area (Å²) >= 11 is 0. The highest BCUT2D eigenvalue weighted by Gasteiger charge is 2.15. The fourth-order valence-corrected chi connectivity index (χ4v) is 1.17. The predicted molar refractivity (Wildman–Crippen MR) is 50.8 cm³/mol. The summed E-state index contributed by atoms with van der Waals surface area (Å²) in [5.41, 5.74) is 5.30. The molecule has 0 aromatic rings. The third-order valence-electron chi connectivity index (χ3n) is 2.08. The van der Waals surface area contributed by atoms with Crippen LogP contribution in [0.3, 0.4) is 0 Å². The second kappa shape index (κ2) is 6.00. The van der Waals surface area contributed by atoms with Crippen LogP contribution in [0.25, 0.3) is 0 Å². The minimum absolute atomic E-state index is 0.0613. The number of carbonyl (C=O) groups excluding carboxylic acids is 1. The van der Waals surface area contributed by atoms with Crippen molar-refractivity contribution >= 4 is 5.91 Å². The standard InChI is InChI=1S/C9H20N2O/c1-4-6-11(8(3)5-2)9(12)7-10/h8H,4-7,10H2,1-3H3. The van der Waals surface area contributed by atoms with E-state index < -0.39 is 0 Å². The molecule has 0 bridgehead atoms. The molecule has 0 saturated heterocycles. The van der Waals surface area contributed by atoms with E-state index in [9.17, 15) is 4.79 Å². The lowest BCUT2D eigenvalue weighted by atomic mass is 10.2. The topological polar surface area (TPSA) is 46.3 Å². The lowest BCUT2D eigenvalue weighted by Crippen LogP contribution is -2.42. The molecule has 0 aliphatic carbocycles. The zero-order chi connectivity index (χ0) is 9.56. The largest absolute Gasteiger partial charge is 0.339 e. The van der Waals surface area contributed by atoms with Gasteiger partial charge in [0.05, 0.1) is 6.54 Å². The molecular formula is C9H20N2O. The summed E-state index contributed by atoms with van der Waals surface area (Å²) in [6.07, 6.45) is 1.99. The van der Waals surface area contributed by atoms with Crippen molar-refractivity contribution in [3.8, 4) is 0 Å². The van der Waals surface area contributed by atoms with Gasteiger partial charge < -0.3 is 10.6 Å². The van der Waals surface area contributed by atoms with Gasteiger partial charge in [-0.05, 0) is 19.8 Å². The van der Waals surface area contributed by atoms with Crippen molar-refractivity contribution in [3.05, 3.63) is 0 Å². The molecule has 0 aliphatic rings. The second-order valence-corrected chi connectivity index (χ2v) is 3.05. The Hall–Kier alpha value is -0.570. The van der Waals surface area contributed by atoms with E-state index in [1.54, 1.807) is 0 Å². The number of amides is 1. The molecule has 0 aliphatic heterocycles. The molecule has 0 radical (unpaired) electrons. The molecule has 72 valence electrons. The van der Waals surface area contributed by atoms with Crippen molar-refractivity contribution in [2.24, 2.45) is 5.73 Å². The van der Waals surface area contributed by atoms with E-state index in [2.05, 4.69) is 20.8 Å². The molecule has 2 N–H and O–H groups in total. The molecule has 1 amide bonds. The van der Waals surface area contributed by atoms with Gasteiger partial charge in [0.2, 0.25) is 5.91 Å². The van der Waals surface area contributed by atoms with Crippen LogP contribution in [-0.2, 0) is 4.79 Å². The summed E-state index contributed by atoms with van der Waals surface area (Å²) in [7, 11) is 0. The fraction of sp³-hybridized carbons (Fsp3) is 0.889. The lowest BCUT2D eigenvalue weighted by Gasteiger charge is -2.27. The van der Waals surface area contributed by atoms with Crippen LogP contribution < -0.4 is 5.73 Å². The molecule has 0 aromatic heterocycles. The van der Waals surface area contributed by atoms with Crippen molar-refractivity contribution in [1.82, 2.24) is 4.90 Å². The SMILES string of the molecule is CCCN(C(=O)CN)C(C)CC. The Bertz CT molecular complexity index is 136. The third kappa shape index (κ3) is 3.22. The Labute approximate surface area is 74.9 Å². The summed E-state index contributed by atoms with van der Waals surface area (Å²) in [6, 6.07) is 0.320. The Kier molecular flexibility index (Phi) is 5.72. The monoisotopic (exact) mass is 172 g/mol. The maximum absolute atomic E-state index is 11.3. The first-order valence-electron chi connectivity index (χ1n) is 4.66. The van der Waals surface area contributed by atoms with Crippen LogP contribution in [-0.4, -0.2) is 29.9 Å². The summed E-state index contributed by atoms with van der Waals surface area (Å²) in [6.45, 7) is 7.16. The molecule has 0 heterocycles. The third-order valence-corrected chi connectivity index (χ3v) is 2.08. The molecule has 1 atom stereocenters. The highest BCUT2D eigenvalue weighted by atomic mass is 16.2. The Morgan fingerprint density at radius 3 is 2.42 bits per heavy atom. The van der Waals surface area contributed by atoms with Crippen LogP contribution in [0.2, 0.25) is 0 Å². The molecule has 3 heteroatoms. The smallest absolute Gasteiger partial charge is 0.236 e. The maximum atomic E-state index is 11.3. The molecule has 0 fully saturated rings. The van der Waals surface area contributed by atoms with Gasteiger partial charge in [-0.25, -0.2) is 0 Å². The van der Waals surface area contributed by atoms with Gasteiger partial charge in [-0.15, -0.1) is 0 Å². The summed E-state index contributed by atoms with van der Waals surface area (Å²) in [5, 5.41) is 0. The molecule has 0 saturated carbocycles. The second-order valence-electron chi connectivity index (χ2n) is 3.05. The number of hydrogen-bond acceptors (Lipinski definition) is 2. The van der Waals surface area contributed by atoms with E-state index in [1.165, 1.54) is 0 Å². The van der Waals surface area contributed by atoms with E-state index in [4.69, 9.17) is 5.73 Å². The van der Waals surface area contributed by atoms with E-state index in [1.807, 2.05) is 4.90 Å². The Balaban J connectivity index is 4.11. The minimum atomic E-state index is 0.0613. The number of hydrogen-bond donors (Lipinski definition) is 1. The van der Waals surface area contributed by atoms with Crippen molar-refractivity contribution in [2.45, 2.75) is 39.7 Å². The van der Waals surface area contributed by atoms with Gasteiger partial charge in [-0.3, -0.25) is 4.79 Å². The van der Waals surface area contributed by atoms with Crippen LogP contribution in [0.15, 0.2) is 0 Å². The lowest BCUT2D eigenvalue weighted by molar-refractivity contribution is -0.131. The molecule has 12 heavy (non-hydrogen) atoms. The van der Waals surface area contributed by atoms with Crippen LogP contribution in [0, 0.1) is 0 Å². The van der Waals surface area contributed by atoms with E-state index in [0.717, 1.165) is 19.4 Å². The maximum Gasteiger partial charge on any atom is 0.236 e. The van der Waals surface area contributed by atoms with Gasteiger partial charge in [0.1, 0.15) is 0 Å². The molecule has 0 rings (SSSR count). The van der Waals surface area contributed by atoms with Crippen LogP contribution in [0.4, 0.5) is 0 Å². The van der Waals surface area contributed by atoms with E-state index in [0.29, 0.717) is 6.04 Å². The molecular weight excluding hydrogens is 152 g/mol. The molecule has 0 spiro atoms. The number of nitrogens with two attached hydrogens (primary N) is 1. The zero-order valence-corrected chi connectivity index (χ0v) is 8.34.